The molecule has 7 nitrogen and oxygen atoms in total. The van der Waals surface area contributed by atoms with Crippen LogP contribution < -0.4 is 10.6 Å². The average molecular weight is 480 g/mol. The van der Waals surface area contributed by atoms with Crippen LogP contribution in [-0.2, 0) is 14.4 Å². The fraction of sp³-hybridized carbons (Fsp3) is 0.609. The first-order valence-electron chi connectivity index (χ1n) is 11.3. The lowest BCUT2D eigenvalue weighted by Crippen LogP contribution is -2.54. The summed E-state index contributed by atoms with van der Waals surface area (Å²) in [4.78, 5) is 42.0. The van der Waals surface area contributed by atoms with Crippen molar-refractivity contribution in [2.24, 2.45) is 11.8 Å². The van der Waals surface area contributed by atoms with Gasteiger partial charge in [-0.3, -0.25) is 14.4 Å². The number of halogens is 1. The monoisotopic (exact) mass is 479 g/mol. The van der Waals surface area contributed by atoms with E-state index in [1.807, 2.05) is 13.8 Å². The summed E-state index contributed by atoms with van der Waals surface area (Å²) in [7, 11) is 0. The first-order chi connectivity index (χ1) is 15.4. The van der Waals surface area contributed by atoms with Gasteiger partial charge in [0.1, 0.15) is 6.04 Å². The highest BCUT2D eigenvalue weighted by molar-refractivity contribution is 8.02. The van der Waals surface area contributed by atoms with Gasteiger partial charge in [-0.25, -0.2) is 0 Å². The van der Waals surface area contributed by atoms with Crippen molar-refractivity contribution in [3.63, 3.8) is 0 Å². The Balaban J connectivity index is 1.72. The largest absolute Gasteiger partial charge is 0.394 e. The molecule has 4 rings (SSSR count). The van der Waals surface area contributed by atoms with Crippen molar-refractivity contribution >= 4 is 46.8 Å². The fourth-order valence-corrected chi connectivity index (χ4v) is 8.02. The standard InChI is InChI=1S/C23H30ClN3O4S/c1-3-11-25-20(29)17-16-9-10-23(32-16)18(17)22(31)27(13(4-2)12-28)19(23)21(30)26-15-8-6-5-7-14(15)24/h5-8,13,16-19,28H,3-4,9-12H2,1-2H3,(H,25,29)(H,26,30)/t13-,16-,17+,18-,19?,23?/m0/s1. The molecule has 2 bridgehead atoms. The van der Waals surface area contributed by atoms with Gasteiger partial charge in [-0.1, -0.05) is 37.6 Å². The number of nitrogens with one attached hydrogen (secondary N) is 2. The first kappa shape index (κ1) is 23.4. The smallest absolute Gasteiger partial charge is 0.248 e. The van der Waals surface area contributed by atoms with Gasteiger partial charge >= 0.3 is 0 Å². The summed E-state index contributed by atoms with van der Waals surface area (Å²) in [5.74, 6) is -1.64. The summed E-state index contributed by atoms with van der Waals surface area (Å²) in [5, 5.41) is 16.3. The minimum absolute atomic E-state index is 0.0211. The van der Waals surface area contributed by atoms with Crippen molar-refractivity contribution in [2.45, 2.75) is 61.6 Å². The summed E-state index contributed by atoms with van der Waals surface area (Å²) in [5.41, 5.74) is 0.484. The molecule has 0 aliphatic carbocycles. The Labute approximate surface area is 197 Å². The van der Waals surface area contributed by atoms with Crippen LogP contribution in [0.5, 0.6) is 0 Å². The van der Waals surface area contributed by atoms with Crippen LogP contribution in [0.15, 0.2) is 24.3 Å². The third-order valence-corrected chi connectivity index (χ3v) is 9.33. The number of anilines is 1. The molecular formula is C23H30ClN3O4S. The lowest BCUT2D eigenvalue weighted by Gasteiger charge is -2.36. The number of nitrogens with zero attached hydrogens (tertiary/aromatic N) is 1. The Kier molecular flexibility index (Phi) is 6.75. The van der Waals surface area contributed by atoms with Gasteiger partial charge in [0.25, 0.3) is 0 Å². The van der Waals surface area contributed by atoms with Crippen molar-refractivity contribution in [3.8, 4) is 0 Å². The van der Waals surface area contributed by atoms with Gasteiger partial charge in [0.05, 0.1) is 39.9 Å². The first-order valence-corrected chi connectivity index (χ1v) is 12.6. The zero-order valence-electron chi connectivity index (χ0n) is 18.3. The number of para-hydroxylation sites is 1. The summed E-state index contributed by atoms with van der Waals surface area (Å²) in [6.07, 6.45) is 2.81. The molecule has 3 aliphatic heterocycles. The zero-order chi connectivity index (χ0) is 23.0. The van der Waals surface area contributed by atoms with Crippen LogP contribution >= 0.6 is 23.4 Å². The van der Waals surface area contributed by atoms with Crippen LogP contribution in [0.1, 0.15) is 39.5 Å². The quantitative estimate of drug-likeness (QED) is 0.532. The van der Waals surface area contributed by atoms with Gasteiger partial charge < -0.3 is 20.6 Å². The number of amides is 3. The van der Waals surface area contributed by atoms with Crippen LogP contribution in [-0.4, -0.2) is 63.0 Å². The maximum atomic E-state index is 13.8. The molecule has 1 spiro atoms. The predicted octanol–water partition coefficient (Wildman–Crippen LogP) is 2.67. The average Bonchev–Trinajstić information content (AvgIpc) is 3.42. The van der Waals surface area contributed by atoms with E-state index in [-0.39, 0.29) is 29.6 Å². The molecule has 0 saturated carbocycles. The van der Waals surface area contributed by atoms with Crippen molar-refractivity contribution in [1.29, 1.82) is 0 Å². The number of aliphatic hydroxyl groups is 1. The van der Waals surface area contributed by atoms with E-state index in [4.69, 9.17) is 11.6 Å². The topological polar surface area (TPSA) is 98.7 Å². The number of hydrogen-bond donors (Lipinski definition) is 3. The van der Waals surface area contributed by atoms with E-state index < -0.39 is 28.7 Å². The van der Waals surface area contributed by atoms with Gasteiger partial charge in [0, 0.05) is 11.8 Å². The van der Waals surface area contributed by atoms with Gasteiger partial charge in [-0.15, -0.1) is 11.8 Å². The van der Waals surface area contributed by atoms with E-state index in [9.17, 15) is 19.5 Å². The molecule has 1 aromatic carbocycles. The summed E-state index contributed by atoms with van der Waals surface area (Å²) in [6.45, 7) is 4.21. The van der Waals surface area contributed by atoms with Crippen LogP contribution in [0.4, 0.5) is 5.69 Å². The second-order valence-electron chi connectivity index (χ2n) is 8.81. The normalized spacial score (nSPS) is 31.5. The molecule has 3 saturated heterocycles. The summed E-state index contributed by atoms with van der Waals surface area (Å²) in [6, 6.07) is 5.73. The zero-order valence-corrected chi connectivity index (χ0v) is 19.9. The highest BCUT2D eigenvalue weighted by Crippen LogP contribution is 2.66. The molecule has 174 valence electrons. The summed E-state index contributed by atoms with van der Waals surface area (Å²) < 4.78 is -0.677. The minimum Gasteiger partial charge on any atom is -0.394 e. The van der Waals surface area contributed by atoms with Crippen molar-refractivity contribution in [3.05, 3.63) is 29.3 Å². The van der Waals surface area contributed by atoms with Gasteiger partial charge in [0.2, 0.25) is 17.7 Å². The third kappa shape index (κ3) is 3.60. The van der Waals surface area contributed by atoms with Crippen molar-refractivity contribution in [1.82, 2.24) is 10.2 Å². The molecule has 3 amide bonds. The Morgan fingerprint density at radius 3 is 2.72 bits per heavy atom. The van der Waals surface area contributed by atoms with Crippen molar-refractivity contribution < 1.29 is 19.5 Å². The summed E-state index contributed by atoms with van der Waals surface area (Å²) >= 11 is 7.88. The minimum atomic E-state index is -0.771. The molecule has 0 aromatic heterocycles. The Hall–Kier alpha value is -1.77. The highest BCUT2D eigenvalue weighted by atomic mass is 35.5. The number of fused-ring (bicyclic) bond motifs is 1. The maximum Gasteiger partial charge on any atom is 0.248 e. The Morgan fingerprint density at radius 2 is 2.06 bits per heavy atom. The number of likely N-dealkylation sites (tertiary alicyclic amines) is 1. The second-order valence-corrected chi connectivity index (χ2v) is 10.8. The number of hydrogen-bond acceptors (Lipinski definition) is 5. The maximum absolute atomic E-state index is 13.8. The molecule has 32 heavy (non-hydrogen) atoms. The molecule has 3 aliphatic rings. The van der Waals surface area contributed by atoms with Crippen LogP contribution in [0.25, 0.3) is 0 Å². The lowest BCUT2D eigenvalue weighted by molar-refractivity contribution is -0.142. The number of carbonyl (C=O) groups excluding carboxylic acids is 3. The van der Waals surface area contributed by atoms with Gasteiger partial charge in [-0.2, -0.15) is 0 Å². The van der Waals surface area contributed by atoms with E-state index in [0.717, 1.165) is 12.8 Å². The van der Waals surface area contributed by atoms with Gasteiger partial charge in [0.15, 0.2) is 0 Å². The molecule has 1 aromatic rings. The predicted molar refractivity (Wildman–Crippen MR) is 126 cm³/mol. The second kappa shape index (κ2) is 9.23. The Bertz CT molecular complexity index is 911. The van der Waals surface area contributed by atoms with E-state index in [0.29, 0.717) is 30.1 Å². The third-order valence-electron chi connectivity index (χ3n) is 7.05. The molecule has 3 N–H and O–H groups in total. The number of aliphatic hydroxyl groups excluding tert-OH is 1. The highest BCUT2D eigenvalue weighted by Gasteiger charge is 2.74. The molecule has 6 atom stereocenters. The van der Waals surface area contributed by atoms with Crippen LogP contribution in [0.2, 0.25) is 5.02 Å². The molecule has 9 heteroatoms. The number of benzene rings is 1. The van der Waals surface area contributed by atoms with E-state index in [1.54, 1.807) is 40.9 Å². The fourth-order valence-electron chi connectivity index (χ4n) is 5.63. The number of carbonyl (C=O) groups is 3. The number of thioether (sulfide) groups is 1. The van der Waals surface area contributed by atoms with Crippen LogP contribution in [0, 0.1) is 11.8 Å². The molecule has 3 heterocycles. The molecule has 2 unspecified atom stereocenters. The molecule has 0 radical (unpaired) electrons. The lowest BCUT2D eigenvalue weighted by atomic mass is 9.70. The van der Waals surface area contributed by atoms with E-state index >= 15 is 0 Å². The van der Waals surface area contributed by atoms with E-state index in [2.05, 4.69) is 10.6 Å². The number of rotatable bonds is 8. The van der Waals surface area contributed by atoms with E-state index in [1.165, 1.54) is 0 Å². The molecular weight excluding hydrogens is 450 g/mol. The van der Waals surface area contributed by atoms with Gasteiger partial charge in [-0.05, 0) is 37.8 Å². The van der Waals surface area contributed by atoms with Crippen LogP contribution in [0.3, 0.4) is 0 Å². The SMILES string of the molecule is CCCNC(=O)[C@@H]1[C@@H]2CCC3(S2)C(C(=O)Nc2ccccc2Cl)N([C@@H](CC)CO)C(=O)[C@H]13. The Morgan fingerprint density at radius 1 is 1.31 bits per heavy atom. The van der Waals surface area contributed by atoms with Crippen molar-refractivity contribution in [2.75, 3.05) is 18.5 Å². The molecule has 3 fully saturated rings.